The Morgan fingerprint density at radius 2 is 1.88 bits per heavy atom. The van der Waals surface area contributed by atoms with Gasteiger partial charge in [-0.3, -0.25) is 9.78 Å². The third kappa shape index (κ3) is 5.31. The van der Waals surface area contributed by atoms with Crippen LogP contribution in [0.5, 0.6) is 0 Å². The number of carbonyl (C=O) groups is 2. The Morgan fingerprint density at radius 1 is 1.05 bits per heavy atom. The standard InChI is InChI=1S/C33H37N5O3/c1-20-17-35-30-26(20)16-25(18-36-30)24-14-22-9-12-37(31(39)23-8-10-34-21(2)13-23)19-28(22)27(15-24)29-7-6-11-38(29)32(40)41-33(3,4)5/h8,10,13-18,29H,6-7,9,11-12,19H2,1-5H3,(H,35,36). The average Bonchev–Trinajstić information content (AvgIpc) is 3.58. The molecular weight excluding hydrogens is 514 g/mol. The zero-order valence-electron chi connectivity index (χ0n) is 24.5. The fourth-order valence-corrected chi connectivity index (χ4v) is 6.12. The van der Waals surface area contributed by atoms with Gasteiger partial charge in [0.05, 0.1) is 6.04 Å². The topological polar surface area (TPSA) is 91.4 Å². The van der Waals surface area contributed by atoms with Gasteiger partial charge in [0.1, 0.15) is 11.2 Å². The molecule has 2 amide bonds. The maximum absolute atomic E-state index is 13.5. The van der Waals surface area contributed by atoms with Gasteiger partial charge in [-0.1, -0.05) is 6.07 Å². The molecule has 4 aromatic rings. The molecule has 41 heavy (non-hydrogen) atoms. The van der Waals surface area contributed by atoms with Crippen LogP contribution in [-0.2, 0) is 17.7 Å². The van der Waals surface area contributed by atoms with Crippen LogP contribution in [0.15, 0.2) is 48.9 Å². The Bertz CT molecular complexity index is 1650. The lowest BCUT2D eigenvalue weighted by atomic mass is 9.86. The largest absolute Gasteiger partial charge is 0.444 e. The number of carbonyl (C=O) groups excluding carboxylic acids is 2. The lowest BCUT2D eigenvalue weighted by molar-refractivity contribution is 0.0222. The molecule has 0 saturated carbocycles. The predicted molar refractivity (Wildman–Crippen MR) is 159 cm³/mol. The summed E-state index contributed by atoms with van der Waals surface area (Å²) in [6, 6.07) is 10.1. The number of aromatic nitrogens is 3. The molecule has 0 bridgehead atoms. The Kier molecular flexibility index (Phi) is 6.80. The van der Waals surface area contributed by atoms with Crippen LogP contribution < -0.4 is 0 Å². The lowest BCUT2D eigenvalue weighted by Gasteiger charge is -2.35. The van der Waals surface area contributed by atoms with Crippen LogP contribution in [0.1, 0.15) is 78.0 Å². The Morgan fingerprint density at radius 3 is 2.66 bits per heavy atom. The number of pyridine rings is 2. The number of hydrogen-bond donors (Lipinski definition) is 1. The molecule has 8 nitrogen and oxygen atoms in total. The maximum atomic E-state index is 13.5. The molecule has 1 atom stereocenters. The number of nitrogens with one attached hydrogen (secondary N) is 1. The number of hydrogen-bond acceptors (Lipinski definition) is 5. The molecule has 2 aliphatic rings. The van der Waals surface area contributed by atoms with Gasteiger partial charge in [-0.15, -0.1) is 0 Å². The Balaban J connectivity index is 1.42. The van der Waals surface area contributed by atoms with Gasteiger partial charge in [-0.2, -0.15) is 0 Å². The monoisotopic (exact) mass is 551 g/mol. The number of H-pyrrole nitrogens is 1. The molecular formula is C33H37N5O3. The number of rotatable bonds is 3. The highest BCUT2D eigenvalue weighted by Crippen LogP contribution is 2.40. The number of fused-ring (bicyclic) bond motifs is 2. The smallest absolute Gasteiger partial charge is 0.410 e. The first-order valence-corrected chi connectivity index (χ1v) is 14.4. The summed E-state index contributed by atoms with van der Waals surface area (Å²) in [5.41, 5.74) is 8.48. The van der Waals surface area contributed by atoms with Crippen LogP contribution >= 0.6 is 0 Å². The molecule has 1 aromatic carbocycles. The van der Waals surface area contributed by atoms with E-state index in [1.165, 1.54) is 5.56 Å². The van der Waals surface area contributed by atoms with Crippen molar-refractivity contribution >= 4 is 23.0 Å². The second-order valence-corrected chi connectivity index (χ2v) is 12.3. The number of benzene rings is 1. The van der Waals surface area contributed by atoms with Crippen LogP contribution in [0.4, 0.5) is 4.79 Å². The first-order chi connectivity index (χ1) is 19.6. The normalized spacial score (nSPS) is 17.1. The molecule has 6 rings (SSSR count). The van der Waals surface area contributed by atoms with E-state index in [0.29, 0.717) is 25.2 Å². The van der Waals surface area contributed by atoms with E-state index >= 15 is 0 Å². The molecule has 3 aromatic heterocycles. The summed E-state index contributed by atoms with van der Waals surface area (Å²) in [7, 11) is 0. The van der Waals surface area contributed by atoms with Crippen LogP contribution in [0.2, 0.25) is 0 Å². The third-order valence-electron chi connectivity index (χ3n) is 8.12. The summed E-state index contributed by atoms with van der Waals surface area (Å²) in [4.78, 5) is 42.8. The fraction of sp³-hybridized carbons (Fsp3) is 0.394. The summed E-state index contributed by atoms with van der Waals surface area (Å²) in [6.07, 6.45) is 7.78. The van der Waals surface area contributed by atoms with Crippen molar-refractivity contribution < 1.29 is 14.3 Å². The number of nitrogens with zero attached hydrogens (tertiary/aromatic N) is 4. The Hall–Kier alpha value is -4.20. The Labute approximate surface area is 240 Å². The van der Waals surface area contributed by atoms with Gasteiger partial charge >= 0.3 is 6.09 Å². The van der Waals surface area contributed by atoms with Gasteiger partial charge in [0.25, 0.3) is 5.91 Å². The van der Waals surface area contributed by atoms with Crippen LogP contribution in [0.25, 0.3) is 22.2 Å². The van der Waals surface area contributed by atoms with E-state index in [1.54, 1.807) is 12.3 Å². The van der Waals surface area contributed by atoms with Crippen molar-refractivity contribution in [3.63, 3.8) is 0 Å². The van der Waals surface area contributed by atoms with E-state index in [4.69, 9.17) is 4.74 Å². The molecule has 0 aliphatic carbocycles. The molecule has 1 N–H and O–H groups in total. The molecule has 2 aliphatic heterocycles. The summed E-state index contributed by atoms with van der Waals surface area (Å²) < 4.78 is 5.82. The summed E-state index contributed by atoms with van der Waals surface area (Å²) in [5.74, 6) is 0.00387. The quantitative estimate of drug-likeness (QED) is 0.313. The van der Waals surface area contributed by atoms with E-state index in [2.05, 4.69) is 40.1 Å². The number of likely N-dealkylation sites (tertiary alicyclic amines) is 1. The lowest BCUT2D eigenvalue weighted by Crippen LogP contribution is -2.39. The number of aryl methyl sites for hydroxylation is 2. The zero-order valence-corrected chi connectivity index (χ0v) is 24.5. The molecule has 1 saturated heterocycles. The van der Waals surface area contributed by atoms with Crippen molar-refractivity contribution in [3.8, 4) is 11.1 Å². The summed E-state index contributed by atoms with van der Waals surface area (Å²) in [5, 5.41) is 1.10. The van der Waals surface area contributed by atoms with Gasteiger partial charge in [0.2, 0.25) is 0 Å². The van der Waals surface area contributed by atoms with Crippen LogP contribution in [-0.4, -0.2) is 55.4 Å². The molecule has 1 unspecified atom stereocenters. The van der Waals surface area contributed by atoms with Crippen molar-refractivity contribution in [2.75, 3.05) is 13.1 Å². The molecule has 0 spiro atoms. The first-order valence-electron chi connectivity index (χ1n) is 14.4. The number of aromatic amines is 1. The second-order valence-electron chi connectivity index (χ2n) is 12.3. The van der Waals surface area contributed by atoms with E-state index < -0.39 is 5.60 Å². The first kappa shape index (κ1) is 27.0. The van der Waals surface area contributed by atoms with Gasteiger partial charge < -0.3 is 19.5 Å². The van der Waals surface area contributed by atoms with E-state index in [1.807, 2.05) is 56.0 Å². The van der Waals surface area contributed by atoms with Crippen molar-refractivity contribution in [2.45, 2.75) is 72.1 Å². The highest BCUT2D eigenvalue weighted by Gasteiger charge is 2.36. The van der Waals surface area contributed by atoms with Gasteiger partial charge in [-0.25, -0.2) is 9.78 Å². The minimum atomic E-state index is -0.576. The average molecular weight is 552 g/mol. The van der Waals surface area contributed by atoms with Crippen molar-refractivity contribution in [1.29, 1.82) is 0 Å². The van der Waals surface area contributed by atoms with E-state index in [-0.39, 0.29) is 18.0 Å². The maximum Gasteiger partial charge on any atom is 0.410 e. The number of ether oxygens (including phenoxy) is 1. The minimum Gasteiger partial charge on any atom is -0.444 e. The van der Waals surface area contributed by atoms with Crippen molar-refractivity contribution in [1.82, 2.24) is 24.8 Å². The predicted octanol–water partition coefficient (Wildman–Crippen LogP) is 6.51. The van der Waals surface area contributed by atoms with Gasteiger partial charge in [0.15, 0.2) is 0 Å². The third-order valence-corrected chi connectivity index (χ3v) is 8.12. The van der Waals surface area contributed by atoms with Crippen molar-refractivity contribution in [3.05, 3.63) is 82.4 Å². The molecule has 5 heterocycles. The fourth-order valence-electron chi connectivity index (χ4n) is 6.12. The van der Waals surface area contributed by atoms with E-state index in [9.17, 15) is 9.59 Å². The minimum absolute atomic E-state index is 0.00387. The highest BCUT2D eigenvalue weighted by atomic mass is 16.6. The van der Waals surface area contributed by atoms with Crippen LogP contribution in [0.3, 0.4) is 0 Å². The molecule has 1 fully saturated rings. The van der Waals surface area contributed by atoms with E-state index in [0.717, 1.165) is 63.8 Å². The van der Waals surface area contributed by atoms with Gasteiger partial charge in [-0.05, 0) is 106 Å². The number of amides is 2. The van der Waals surface area contributed by atoms with Crippen molar-refractivity contribution in [2.24, 2.45) is 0 Å². The molecule has 0 radical (unpaired) electrons. The molecule has 8 heteroatoms. The summed E-state index contributed by atoms with van der Waals surface area (Å²) in [6.45, 7) is 11.4. The van der Waals surface area contributed by atoms with Gasteiger partial charge in [0, 0.05) is 60.4 Å². The molecule has 212 valence electrons. The SMILES string of the molecule is Cc1cc(C(=O)N2CCc3cc(-c4cnc5[nH]cc(C)c5c4)cc(C4CCCN4C(=O)OC(C)(C)C)c3C2)ccn1. The summed E-state index contributed by atoms with van der Waals surface area (Å²) >= 11 is 0. The second kappa shape index (κ2) is 10.3. The van der Waals surface area contributed by atoms with Crippen LogP contribution in [0, 0.1) is 13.8 Å². The zero-order chi connectivity index (χ0) is 28.9. The highest BCUT2D eigenvalue weighted by molar-refractivity contribution is 5.94.